The maximum absolute atomic E-state index is 5.35. The molecule has 0 aliphatic heterocycles. The highest BCUT2D eigenvalue weighted by Gasteiger charge is 1.89. The largest absolute Gasteiger partial charge is 0.386 e. The van der Waals surface area contributed by atoms with E-state index >= 15 is 0 Å². The smallest absolute Gasteiger partial charge is 0.0885 e. The Balaban J connectivity index is 2.86. The van der Waals surface area contributed by atoms with E-state index < -0.39 is 0 Å². The molecule has 0 atom stereocenters. The van der Waals surface area contributed by atoms with Crippen LogP contribution in [0, 0.1) is 0 Å². The minimum atomic E-state index is 0.587. The Kier molecular flexibility index (Phi) is 7.97. The molecule has 0 unspecified atom stereocenters. The fourth-order valence-electron chi connectivity index (χ4n) is 1.15. The first-order valence-electron chi connectivity index (χ1n) is 4.95. The number of hydrogen-bond donors (Lipinski definition) is 2. The van der Waals surface area contributed by atoms with Crippen molar-refractivity contribution >= 4 is 0 Å². The van der Waals surface area contributed by atoms with E-state index in [0.29, 0.717) is 5.82 Å². The Bertz CT molecular complexity index is 110. The van der Waals surface area contributed by atoms with Crippen LogP contribution in [-0.2, 0) is 0 Å². The molecular weight excluding hydrogens is 148 g/mol. The molecule has 0 aromatic rings. The molecule has 0 saturated carbocycles. The van der Waals surface area contributed by atoms with Crippen molar-refractivity contribution in [1.29, 1.82) is 0 Å². The van der Waals surface area contributed by atoms with Crippen molar-refractivity contribution < 1.29 is 0 Å². The fourth-order valence-corrected chi connectivity index (χ4v) is 1.15. The van der Waals surface area contributed by atoms with E-state index in [-0.39, 0.29) is 0 Å². The second kappa shape index (κ2) is 8.44. The second-order valence-corrected chi connectivity index (χ2v) is 3.22. The van der Waals surface area contributed by atoms with E-state index in [1.165, 1.54) is 38.5 Å². The quantitative estimate of drug-likeness (QED) is 0.549. The lowest BCUT2D eigenvalue weighted by atomic mass is 10.1. The Morgan fingerprint density at radius 1 is 1.17 bits per heavy atom. The minimum absolute atomic E-state index is 0.587. The summed E-state index contributed by atoms with van der Waals surface area (Å²) in [6.45, 7) is 6.78. The van der Waals surface area contributed by atoms with E-state index in [4.69, 9.17) is 5.73 Å². The van der Waals surface area contributed by atoms with Gasteiger partial charge in [-0.1, -0.05) is 45.6 Å². The molecule has 0 fully saturated rings. The molecule has 0 aromatic carbocycles. The van der Waals surface area contributed by atoms with E-state index in [1.54, 1.807) is 0 Å². The maximum atomic E-state index is 5.35. The zero-order valence-electron chi connectivity index (χ0n) is 8.23. The lowest BCUT2D eigenvalue weighted by molar-refractivity contribution is 0.592. The molecule has 3 N–H and O–H groups in total. The van der Waals surface area contributed by atoms with Crippen LogP contribution in [0.3, 0.4) is 0 Å². The van der Waals surface area contributed by atoms with Crippen molar-refractivity contribution in [1.82, 2.24) is 5.32 Å². The van der Waals surface area contributed by atoms with Gasteiger partial charge in [0.25, 0.3) is 0 Å². The van der Waals surface area contributed by atoms with Gasteiger partial charge in [-0.3, -0.25) is 0 Å². The van der Waals surface area contributed by atoms with Gasteiger partial charge in [0.2, 0.25) is 0 Å². The average molecular weight is 170 g/mol. The number of unbranched alkanes of at least 4 members (excludes halogenated alkanes) is 5. The van der Waals surface area contributed by atoms with E-state index in [2.05, 4.69) is 18.8 Å². The highest BCUT2D eigenvalue weighted by Crippen LogP contribution is 2.03. The van der Waals surface area contributed by atoms with Crippen LogP contribution in [-0.4, -0.2) is 6.54 Å². The van der Waals surface area contributed by atoms with Crippen LogP contribution in [0.15, 0.2) is 12.4 Å². The molecule has 0 aromatic heterocycles. The van der Waals surface area contributed by atoms with Gasteiger partial charge >= 0.3 is 0 Å². The third kappa shape index (κ3) is 9.34. The predicted octanol–water partition coefficient (Wildman–Crippen LogP) is 2.37. The minimum Gasteiger partial charge on any atom is -0.386 e. The summed E-state index contributed by atoms with van der Waals surface area (Å²) in [5.41, 5.74) is 5.35. The van der Waals surface area contributed by atoms with Gasteiger partial charge < -0.3 is 11.1 Å². The van der Waals surface area contributed by atoms with Crippen molar-refractivity contribution in [3.05, 3.63) is 12.4 Å². The molecule has 0 saturated heterocycles. The summed E-state index contributed by atoms with van der Waals surface area (Å²) >= 11 is 0. The molecular formula is C10H22N2. The first-order chi connectivity index (χ1) is 5.77. The summed E-state index contributed by atoms with van der Waals surface area (Å²) in [6, 6.07) is 0. The van der Waals surface area contributed by atoms with E-state index in [0.717, 1.165) is 6.54 Å². The van der Waals surface area contributed by atoms with Crippen molar-refractivity contribution in [2.45, 2.75) is 45.4 Å². The topological polar surface area (TPSA) is 38.0 Å². The Morgan fingerprint density at radius 2 is 1.75 bits per heavy atom. The van der Waals surface area contributed by atoms with Gasteiger partial charge in [-0.2, -0.15) is 0 Å². The maximum Gasteiger partial charge on any atom is 0.0885 e. The van der Waals surface area contributed by atoms with Crippen molar-refractivity contribution in [3.63, 3.8) is 0 Å². The van der Waals surface area contributed by atoms with Crippen LogP contribution in [0.25, 0.3) is 0 Å². The zero-order valence-corrected chi connectivity index (χ0v) is 8.23. The summed E-state index contributed by atoms with van der Waals surface area (Å²) in [6.07, 6.45) is 7.93. The Labute approximate surface area is 76.2 Å². The normalized spacial score (nSPS) is 9.75. The molecule has 0 aliphatic carbocycles. The zero-order chi connectivity index (χ0) is 9.23. The Hall–Kier alpha value is -0.660. The molecule has 0 aliphatic rings. The SMILES string of the molecule is C=C(N)NCCCCCCCC. The van der Waals surface area contributed by atoms with Crippen LogP contribution in [0.4, 0.5) is 0 Å². The molecule has 0 spiro atoms. The highest BCUT2D eigenvalue weighted by atomic mass is 15.0. The van der Waals surface area contributed by atoms with Gasteiger partial charge in [0.1, 0.15) is 0 Å². The van der Waals surface area contributed by atoms with Gasteiger partial charge in [0.05, 0.1) is 5.82 Å². The average Bonchev–Trinajstić information content (AvgIpc) is 2.02. The number of rotatable bonds is 8. The van der Waals surface area contributed by atoms with Gasteiger partial charge in [-0.05, 0) is 6.42 Å². The molecule has 2 heteroatoms. The summed E-state index contributed by atoms with van der Waals surface area (Å²) in [7, 11) is 0. The highest BCUT2D eigenvalue weighted by molar-refractivity contribution is 4.81. The van der Waals surface area contributed by atoms with Crippen LogP contribution >= 0.6 is 0 Å². The molecule has 0 bridgehead atoms. The van der Waals surface area contributed by atoms with Crippen LogP contribution in [0.1, 0.15) is 45.4 Å². The lowest BCUT2D eigenvalue weighted by Crippen LogP contribution is -2.19. The van der Waals surface area contributed by atoms with Gasteiger partial charge in [0, 0.05) is 6.54 Å². The molecule has 2 nitrogen and oxygen atoms in total. The molecule has 12 heavy (non-hydrogen) atoms. The summed E-state index contributed by atoms with van der Waals surface area (Å²) < 4.78 is 0. The standard InChI is InChI=1S/C10H22N2/c1-3-4-5-6-7-8-9-12-10(2)11/h12H,2-9,11H2,1H3. The summed E-state index contributed by atoms with van der Waals surface area (Å²) in [5.74, 6) is 0.587. The molecule has 0 heterocycles. The van der Waals surface area contributed by atoms with Gasteiger partial charge in [-0.25, -0.2) is 0 Å². The lowest BCUT2D eigenvalue weighted by Gasteiger charge is -2.03. The van der Waals surface area contributed by atoms with E-state index in [1.807, 2.05) is 0 Å². The first kappa shape index (κ1) is 11.3. The van der Waals surface area contributed by atoms with Gasteiger partial charge in [0.15, 0.2) is 0 Å². The van der Waals surface area contributed by atoms with Crippen molar-refractivity contribution in [3.8, 4) is 0 Å². The fraction of sp³-hybridized carbons (Fsp3) is 0.800. The third-order valence-corrected chi connectivity index (χ3v) is 1.88. The molecule has 0 rings (SSSR count). The van der Waals surface area contributed by atoms with Gasteiger partial charge in [-0.15, -0.1) is 0 Å². The van der Waals surface area contributed by atoms with E-state index in [9.17, 15) is 0 Å². The summed E-state index contributed by atoms with van der Waals surface area (Å²) in [5, 5.41) is 3.02. The predicted molar refractivity (Wildman–Crippen MR) is 54.7 cm³/mol. The van der Waals surface area contributed by atoms with Crippen LogP contribution in [0.5, 0.6) is 0 Å². The molecule has 0 radical (unpaired) electrons. The first-order valence-corrected chi connectivity index (χ1v) is 4.95. The van der Waals surface area contributed by atoms with Crippen molar-refractivity contribution in [2.75, 3.05) is 6.54 Å². The molecule has 0 amide bonds. The summed E-state index contributed by atoms with van der Waals surface area (Å²) in [4.78, 5) is 0. The Morgan fingerprint density at radius 3 is 2.33 bits per heavy atom. The number of hydrogen-bond acceptors (Lipinski definition) is 2. The molecule has 72 valence electrons. The second-order valence-electron chi connectivity index (χ2n) is 3.22. The third-order valence-electron chi connectivity index (χ3n) is 1.88. The monoisotopic (exact) mass is 170 g/mol. The van der Waals surface area contributed by atoms with Crippen LogP contribution < -0.4 is 11.1 Å². The number of nitrogens with one attached hydrogen (secondary N) is 1. The van der Waals surface area contributed by atoms with Crippen molar-refractivity contribution in [2.24, 2.45) is 5.73 Å². The van der Waals surface area contributed by atoms with Crippen LogP contribution in [0.2, 0.25) is 0 Å². The number of nitrogens with two attached hydrogens (primary N) is 1.